The molecule has 3 aromatic rings. The van der Waals surface area contributed by atoms with Crippen LogP contribution in [0.1, 0.15) is 56.4 Å². The van der Waals surface area contributed by atoms with Crippen LogP contribution < -0.4 is 5.32 Å². The highest BCUT2D eigenvalue weighted by atomic mass is 79.9. The molecule has 152 valence electrons. The lowest BCUT2D eigenvalue weighted by Gasteiger charge is -2.10. The highest BCUT2D eigenvalue weighted by Gasteiger charge is 2.18. The summed E-state index contributed by atoms with van der Waals surface area (Å²) in [6.45, 7) is 2.15. The molecule has 3 aromatic carbocycles. The number of hydrogen-bond donors (Lipinski definition) is 1. The minimum atomic E-state index is -0.599. The van der Waals surface area contributed by atoms with Crippen molar-refractivity contribution in [2.75, 3.05) is 5.32 Å². The van der Waals surface area contributed by atoms with Gasteiger partial charge in [0.25, 0.3) is 5.91 Å². The summed E-state index contributed by atoms with van der Waals surface area (Å²) in [5.41, 5.74) is 2.89. The van der Waals surface area contributed by atoms with Crippen LogP contribution in [-0.2, 0) is 6.42 Å². The van der Waals surface area contributed by atoms with Gasteiger partial charge in [-0.3, -0.25) is 14.4 Å². The summed E-state index contributed by atoms with van der Waals surface area (Å²) in [4.78, 5) is 37.3. The van der Waals surface area contributed by atoms with Crippen molar-refractivity contribution < 1.29 is 14.4 Å². The van der Waals surface area contributed by atoms with Gasteiger partial charge in [-0.05, 0) is 58.6 Å². The largest absolute Gasteiger partial charge is 0.321 e. The Morgan fingerprint density at radius 2 is 1.40 bits per heavy atom. The van der Waals surface area contributed by atoms with Crippen LogP contribution in [-0.4, -0.2) is 17.5 Å². The number of benzene rings is 3. The van der Waals surface area contributed by atoms with Crippen molar-refractivity contribution in [3.8, 4) is 0 Å². The molecular weight excluding hydrogens is 442 g/mol. The first-order valence-corrected chi connectivity index (χ1v) is 10.6. The van der Waals surface area contributed by atoms with E-state index in [-0.39, 0.29) is 11.5 Å². The maximum Gasteiger partial charge on any atom is 0.255 e. The topological polar surface area (TPSA) is 63.2 Å². The average Bonchev–Trinajstić information content (AvgIpc) is 2.79. The van der Waals surface area contributed by atoms with Crippen LogP contribution in [0.2, 0.25) is 0 Å². The summed E-state index contributed by atoms with van der Waals surface area (Å²) in [5.74, 6) is -1.45. The number of Topliss-reactive ketones (excluding diaryl/α,β-unsaturated/α-hetero) is 2. The molecule has 30 heavy (non-hydrogen) atoms. The number of ketones is 2. The lowest BCUT2D eigenvalue weighted by Crippen LogP contribution is -2.16. The van der Waals surface area contributed by atoms with Crippen molar-refractivity contribution in [2.45, 2.75) is 26.2 Å². The standard InChI is InChI=1S/C25H22BrNO3/c1-2-3-7-17-10-15-22(21(26)16-17)27-25(30)20-13-11-19(12-14-20)24(29)23(28)18-8-5-4-6-9-18/h4-6,8-16H,2-3,7H2,1H3,(H,27,30). The summed E-state index contributed by atoms with van der Waals surface area (Å²) in [5, 5.41) is 2.87. The maximum absolute atomic E-state index is 12.6. The normalized spacial score (nSPS) is 10.5. The lowest BCUT2D eigenvalue weighted by atomic mass is 10.0. The highest BCUT2D eigenvalue weighted by Crippen LogP contribution is 2.25. The Labute approximate surface area is 184 Å². The Morgan fingerprint density at radius 3 is 2.00 bits per heavy atom. The first-order chi connectivity index (χ1) is 14.5. The van der Waals surface area contributed by atoms with Gasteiger partial charge in [0.1, 0.15) is 0 Å². The van der Waals surface area contributed by atoms with E-state index in [1.165, 1.54) is 17.7 Å². The van der Waals surface area contributed by atoms with Gasteiger partial charge in [0.15, 0.2) is 0 Å². The van der Waals surface area contributed by atoms with Gasteiger partial charge in [0, 0.05) is 21.2 Å². The molecule has 0 aromatic heterocycles. The fraction of sp³-hybridized carbons (Fsp3) is 0.160. The van der Waals surface area contributed by atoms with Crippen molar-refractivity contribution in [3.63, 3.8) is 0 Å². The van der Waals surface area contributed by atoms with Gasteiger partial charge in [0.05, 0.1) is 5.69 Å². The monoisotopic (exact) mass is 463 g/mol. The van der Waals surface area contributed by atoms with Gasteiger partial charge < -0.3 is 5.32 Å². The van der Waals surface area contributed by atoms with Gasteiger partial charge >= 0.3 is 0 Å². The molecule has 0 bridgehead atoms. The molecule has 0 radical (unpaired) electrons. The number of carbonyl (C=O) groups is 3. The van der Waals surface area contributed by atoms with E-state index in [0.29, 0.717) is 16.8 Å². The smallest absolute Gasteiger partial charge is 0.255 e. The van der Waals surface area contributed by atoms with Crippen LogP contribution in [0.4, 0.5) is 5.69 Å². The fourth-order valence-corrected chi connectivity index (χ4v) is 3.54. The van der Waals surface area contributed by atoms with E-state index in [4.69, 9.17) is 0 Å². The first kappa shape index (κ1) is 21.7. The van der Waals surface area contributed by atoms with Gasteiger partial charge in [-0.1, -0.05) is 61.9 Å². The van der Waals surface area contributed by atoms with Crippen LogP contribution in [0.25, 0.3) is 0 Å². The number of hydrogen-bond acceptors (Lipinski definition) is 3. The van der Waals surface area contributed by atoms with Crippen LogP contribution >= 0.6 is 15.9 Å². The molecule has 0 saturated heterocycles. The number of rotatable bonds is 8. The molecule has 0 aliphatic rings. The van der Waals surface area contributed by atoms with Crippen molar-refractivity contribution in [1.29, 1.82) is 0 Å². The molecule has 0 aliphatic heterocycles. The first-order valence-electron chi connectivity index (χ1n) is 9.83. The zero-order valence-electron chi connectivity index (χ0n) is 16.7. The van der Waals surface area contributed by atoms with Gasteiger partial charge in [-0.15, -0.1) is 0 Å². The molecule has 0 atom stereocenters. The minimum absolute atomic E-state index is 0.252. The number of aryl methyl sites for hydroxylation is 1. The van der Waals surface area contributed by atoms with E-state index < -0.39 is 11.6 Å². The Morgan fingerprint density at radius 1 is 0.800 bits per heavy atom. The van der Waals surface area contributed by atoms with Crippen LogP contribution in [0.3, 0.4) is 0 Å². The van der Waals surface area contributed by atoms with Gasteiger partial charge in [-0.25, -0.2) is 0 Å². The molecule has 0 aliphatic carbocycles. The van der Waals surface area contributed by atoms with E-state index in [1.807, 2.05) is 18.2 Å². The Bertz CT molecular complexity index is 1060. The SMILES string of the molecule is CCCCc1ccc(NC(=O)c2ccc(C(=O)C(=O)c3ccccc3)cc2)c(Br)c1. The summed E-state index contributed by atoms with van der Waals surface area (Å²) in [6.07, 6.45) is 3.25. The third-order valence-corrected chi connectivity index (χ3v) is 5.41. The Balaban J connectivity index is 1.68. The van der Waals surface area contributed by atoms with E-state index in [1.54, 1.807) is 42.5 Å². The average molecular weight is 464 g/mol. The van der Waals surface area contributed by atoms with Gasteiger partial charge in [0.2, 0.25) is 11.6 Å². The molecule has 3 rings (SSSR count). The van der Waals surface area contributed by atoms with Gasteiger partial charge in [-0.2, -0.15) is 0 Å². The molecule has 1 amide bonds. The molecule has 1 N–H and O–H groups in total. The van der Waals surface area contributed by atoms with Crippen molar-refractivity contribution in [3.05, 3.63) is 99.5 Å². The number of unbranched alkanes of at least 4 members (excludes halogenated alkanes) is 1. The molecular formula is C25H22BrNO3. The Kier molecular flexibility index (Phi) is 7.31. The summed E-state index contributed by atoms with van der Waals surface area (Å²) in [6, 6.07) is 20.4. The molecule has 5 heteroatoms. The quantitative estimate of drug-likeness (QED) is 0.323. The van der Waals surface area contributed by atoms with Crippen molar-refractivity contribution >= 4 is 39.1 Å². The zero-order chi connectivity index (χ0) is 21.5. The number of halogens is 1. The molecule has 0 spiro atoms. The second-order valence-electron chi connectivity index (χ2n) is 6.97. The van der Waals surface area contributed by atoms with Crippen LogP contribution in [0, 0.1) is 0 Å². The third kappa shape index (κ3) is 5.30. The lowest BCUT2D eigenvalue weighted by molar-refractivity contribution is 0.0817. The molecule has 0 heterocycles. The predicted molar refractivity (Wildman–Crippen MR) is 122 cm³/mol. The second kappa shape index (κ2) is 10.1. The molecule has 4 nitrogen and oxygen atoms in total. The number of amides is 1. The maximum atomic E-state index is 12.6. The third-order valence-electron chi connectivity index (χ3n) is 4.75. The number of nitrogens with one attached hydrogen (secondary N) is 1. The predicted octanol–water partition coefficient (Wildman–Crippen LogP) is 6.11. The summed E-state index contributed by atoms with van der Waals surface area (Å²) >= 11 is 3.51. The van der Waals surface area contributed by atoms with Crippen LogP contribution in [0.5, 0.6) is 0 Å². The highest BCUT2D eigenvalue weighted by molar-refractivity contribution is 9.10. The van der Waals surface area contributed by atoms with E-state index in [9.17, 15) is 14.4 Å². The van der Waals surface area contributed by atoms with E-state index in [2.05, 4.69) is 28.2 Å². The van der Waals surface area contributed by atoms with E-state index >= 15 is 0 Å². The number of anilines is 1. The van der Waals surface area contributed by atoms with E-state index in [0.717, 1.165) is 23.7 Å². The Hall–Kier alpha value is -3.05. The fourth-order valence-electron chi connectivity index (χ4n) is 3.02. The van der Waals surface area contributed by atoms with Crippen molar-refractivity contribution in [1.82, 2.24) is 0 Å². The molecule has 0 saturated carbocycles. The molecule has 0 unspecified atom stereocenters. The number of carbonyl (C=O) groups excluding carboxylic acids is 3. The zero-order valence-corrected chi connectivity index (χ0v) is 18.2. The summed E-state index contributed by atoms with van der Waals surface area (Å²) < 4.78 is 0.824. The van der Waals surface area contributed by atoms with Crippen molar-refractivity contribution in [2.24, 2.45) is 0 Å². The molecule has 0 fully saturated rings. The summed E-state index contributed by atoms with van der Waals surface area (Å²) in [7, 11) is 0. The van der Waals surface area contributed by atoms with Crippen LogP contribution in [0.15, 0.2) is 77.3 Å². The minimum Gasteiger partial charge on any atom is -0.321 e. The second-order valence-corrected chi connectivity index (χ2v) is 7.83.